The molecule has 1 aliphatic rings. The molecular weight excluding hydrogens is 208 g/mol. The molecule has 92 valence electrons. The molecule has 1 unspecified atom stereocenters. The van der Waals surface area contributed by atoms with Crippen LogP contribution in [0.1, 0.15) is 45.1 Å². The molecule has 1 nitrogen and oxygen atoms in total. The molecule has 0 radical (unpaired) electrons. The van der Waals surface area contributed by atoms with Crippen LogP contribution in [0, 0.1) is 0 Å². The monoisotopic (exact) mass is 230 g/mol. The molecule has 0 aromatic heterocycles. The van der Waals surface area contributed by atoms with Gasteiger partial charge in [-0.2, -0.15) is 0 Å². The van der Waals surface area contributed by atoms with Crippen molar-refractivity contribution in [3.8, 4) is 0 Å². The van der Waals surface area contributed by atoms with E-state index in [1.165, 1.54) is 18.4 Å². The molecule has 1 heterocycles. The lowest BCUT2D eigenvalue weighted by Crippen LogP contribution is -2.15. The lowest BCUT2D eigenvalue weighted by molar-refractivity contribution is 0.267. The van der Waals surface area contributed by atoms with Crippen LogP contribution >= 0.6 is 0 Å². The highest BCUT2D eigenvalue weighted by Crippen LogP contribution is 2.50. The molecule has 1 heteroatoms. The normalized spacial score (nSPS) is 21.2. The smallest absolute Gasteiger partial charge is 0.112 e. The maximum absolute atomic E-state index is 6.00. The fraction of sp³-hybridized carbons (Fsp3) is 0.500. The molecule has 0 saturated carbocycles. The molecule has 17 heavy (non-hydrogen) atoms. The zero-order chi connectivity index (χ0) is 12.3. The molecule has 1 atom stereocenters. The maximum Gasteiger partial charge on any atom is 0.112 e. The minimum atomic E-state index is 0.0937. The number of benzene rings is 1. The van der Waals surface area contributed by atoms with Gasteiger partial charge in [0.25, 0.3) is 0 Å². The summed E-state index contributed by atoms with van der Waals surface area (Å²) in [6.45, 7) is 8.67. The van der Waals surface area contributed by atoms with Crippen LogP contribution in [-0.2, 0) is 4.74 Å². The Labute approximate surface area is 104 Å². The minimum absolute atomic E-state index is 0.0937. The zero-order valence-corrected chi connectivity index (χ0v) is 10.9. The van der Waals surface area contributed by atoms with Crippen LogP contribution in [0.2, 0.25) is 0 Å². The third-order valence-corrected chi connectivity index (χ3v) is 3.58. The highest BCUT2D eigenvalue weighted by atomic mass is 16.6. The summed E-state index contributed by atoms with van der Waals surface area (Å²) in [6.07, 6.45) is 4.90. The summed E-state index contributed by atoms with van der Waals surface area (Å²) in [5.74, 6) is 0. The van der Waals surface area contributed by atoms with Crippen molar-refractivity contribution in [1.82, 2.24) is 0 Å². The highest BCUT2D eigenvalue weighted by Gasteiger charge is 2.55. The lowest BCUT2D eigenvalue weighted by Gasteiger charge is -2.11. The van der Waals surface area contributed by atoms with Crippen molar-refractivity contribution in [1.29, 1.82) is 0 Å². The van der Waals surface area contributed by atoms with Crippen LogP contribution in [0.25, 0.3) is 5.57 Å². The Bertz CT molecular complexity index is 374. The SMILES string of the molecule is C=C(c1ccccc1)C1OC1(CCC)CCC. The predicted molar refractivity (Wildman–Crippen MR) is 72.9 cm³/mol. The molecule has 1 aromatic carbocycles. The van der Waals surface area contributed by atoms with Crippen LogP contribution in [0.4, 0.5) is 0 Å². The lowest BCUT2D eigenvalue weighted by atomic mass is 9.89. The maximum atomic E-state index is 6.00. The topological polar surface area (TPSA) is 12.5 Å². The second-order valence-corrected chi connectivity index (χ2v) is 4.95. The molecule has 1 fully saturated rings. The van der Waals surface area contributed by atoms with Gasteiger partial charge in [-0.1, -0.05) is 63.6 Å². The summed E-state index contributed by atoms with van der Waals surface area (Å²) in [5.41, 5.74) is 2.45. The number of rotatable bonds is 6. The van der Waals surface area contributed by atoms with Gasteiger partial charge in [0, 0.05) is 0 Å². The van der Waals surface area contributed by atoms with Gasteiger partial charge in [0.1, 0.15) is 6.10 Å². The Balaban J connectivity index is 2.08. The minimum Gasteiger partial charge on any atom is -0.361 e. The molecule has 0 spiro atoms. The summed E-state index contributed by atoms with van der Waals surface area (Å²) < 4.78 is 6.00. The van der Waals surface area contributed by atoms with E-state index < -0.39 is 0 Å². The summed E-state index contributed by atoms with van der Waals surface area (Å²) in [6, 6.07) is 10.4. The van der Waals surface area contributed by atoms with Crippen LogP contribution in [0.5, 0.6) is 0 Å². The summed E-state index contributed by atoms with van der Waals surface area (Å²) in [5, 5.41) is 0. The van der Waals surface area contributed by atoms with Gasteiger partial charge in [0.05, 0.1) is 5.60 Å². The van der Waals surface area contributed by atoms with Crippen molar-refractivity contribution in [3.63, 3.8) is 0 Å². The first-order chi connectivity index (χ1) is 8.23. The van der Waals surface area contributed by atoms with Crippen molar-refractivity contribution < 1.29 is 4.74 Å². The van der Waals surface area contributed by atoms with Gasteiger partial charge in [0.2, 0.25) is 0 Å². The van der Waals surface area contributed by atoms with Crippen molar-refractivity contribution in [2.24, 2.45) is 0 Å². The molecule has 1 aromatic rings. The molecular formula is C16H22O. The van der Waals surface area contributed by atoms with Crippen molar-refractivity contribution in [2.75, 3.05) is 0 Å². The Morgan fingerprint density at radius 1 is 1.18 bits per heavy atom. The van der Waals surface area contributed by atoms with Crippen molar-refractivity contribution >= 4 is 5.57 Å². The molecule has 0 amide bonds. The van der Waals surface area contributed by atoms with Crippen LogP contribution in [-0.4, -0.2) is 11.7 Å². The van der Waals surface area contributed by atoms with E-state index in [1.807, 2.05) is 6.07 Å². The highest BCUT2D eigenvalue weighted by molar-refractivity contribution is 5.70. The second-order valence-electron chi connectivity index (χ2n) is 4.95. The van der Waals surface area contributed by atoms with E-state index in [0.717, 1.165) is 18.4 Å². The predicted octanol–water partition coefficient (Wildman–Crippen LogP) is 4.44. The van der Waals surface area contributed by atoms with Gasteiger partial charge in [-0.05, 0) is 24.0 Å². The van der Waals surface area contributed by atoms with E-state index in [0.29, 0.717) is 0 Å². The third kappa shape index (κ3) is 2.44. The number of hydrogen-bond donors (Lipinski definition) is 0. The first kappa shape index (κ1) is 12.4. The van der Waals surface area contributed by atoms with E-state index in [-0.39, 0.29) is 11.7 Å². The van der Waals surface area contributed by atoms with Crippen molar-refractivity contribution in [3.05, 3.63) is 42.5 Å². The van der Waals surface area contributed by atoms with E-state index >= 15 is 0 Å². The number of hydrogen-bond acceptors (Lipinski definition) is 1. The average molecular weight is 230 g/mol. The van der Waals surface area contributed by atoms with Crippen LogP contribution < -0.4 is 0 Å². The van der Waals surface area contributed by atoms with Crippen molar-refractivity contribution in [2.45, 2.75) is 51.2 Å². The summed E-state index contributed by atoms with van der Waals surface area (Å²) >= 11 is 0. The van der Waals surface area contributed by atoms with Gasteiger partial charge in [-0.25, -0.2) is 0 Å². The van der Waals surface area contributed by atoms with Gasteiger partial charge >= 0.3 is 0 Å². The molecule has 0 aliphatic carbocycles. The van der Waals surface area contributed by atoms with Gasteiger partial charge in [-0.3, -0.25) is 0 Å². The Morgan fingerprint density at radius 2 is 1.76 bits per heavy atom. The summed E-state index contributed by atoms with van der Waals surface area (Å²) in [7, 11) is 0. The Hall–Kier alpha value is -1.08. The quantitative estimate of drug-likeness (QED) is 0.658. The fourth-order valence-corrected chi connectivity index (χ4v) is 2.74. The molecule has 0 bridgehead atoms. The summed E-state index contributed by atoms with van der Waals surface area (Å²) in [4.78, 5) is 0. The molecule has 0 N–H and O–H groups in total. The van der Waals surface area contributed by atoms with Crippen LogP contribution in [0.3, 0.4) is 0 Å². The molecule has 1 saturated heterocycles. The Kier molecular flexibility index (Phi) is 3.68. The van der Waals surface area contributed by atoms with Crippen LogP contribution in [0.15, 0.2) is 36.9 Å². The number of ether oxygens (including phenoxy) is 1. The van der Waals surface area contributed by atoms with E-state index in [1.54, 1.807) is 0 Å². The van der Waals surface area contributed by atoms with E-state index in [2.05, 4.69) is 44.7 Å². The first-order valence-electron chi connectivity index (χ1n) is 6.65. The first-order valence-corrected chi connectivity index (χ1v) is 6.65. The van der Waals surface area contributed by atoms with Gasteiger partial charge in [-0.15, -0.1) is 0 Å². The fourth-order valence-electron chi connectivity index (χ4n) is 2.74. The van der Waals surface area contributed by atoms with Gasteiger partial charge < -0.3 is 4.74 Å². The standard InChI is InChI=1S/C16H22O/c1-4-11-16(12-5-2)15(17-16)13(3)14-9-7-6-8-10-14/h6-10,15H,3-5,11-12H2,1-2H3. The van der Waals surface area contributed by atoms with E-state index in [4.69, 9.17) is 4.74 Å². The van der Waals surface area contributed by atoms with E-state index in [9.17, 15) is 0 Å². The largest absolute Gasteiger partial charge is 0.361 e. The average Bonchev–Trinajstić information content (AvgIpc) is 3.04. The molecule has 2 rings (SSSR count). The second kappa shape index (κ2) is 5.05. The Morgan fingerprint density at radius 3 is 2.29 bits per heavy atom. The number of epoxide rings is 1. The zero-order valence-electron chi connectivity index (χ0n) is 10.9. The van der Waals surface area contributed by atoms with Gasteiger partial charge in [0.15, 0.2) is 0 Å². The molecule has 1 aliphatic heterocycles. The third-order valence-electron chi connectivity index (χ3n) is 3.58.